The molecule has 0 bridgehead atoms. The van der Waals surface area contributed by atoms with Crippen LogP contribution >= 0.6 is 0 Å². The van der Waals surface area contributed by atoms with Crippen molar-refractivity contribution in [3.05, 3.63) is 69.3 Å². The number of carbonyl (C=O) groups is 1. The number of anilines is 1. The van der Waals surface area contributed by atoms with Gasteiger partial charge in [-0.05, 0) is 36.2 Å². The lowest BCUT2D eigenvalue weighted by Crippen LogP contribution is -2.18. The molecular weight excluding hydrogens is 351 g/mol. The zero-order valence-corrected chi connectivity index (χ0v) is 13.8. The van der Waals surface area contributed by atoms with Gasteiger partial charge in [0.25, 0.3) is 11.6 Å². The number of nitrogens with zero attached hydrogens (tertiary/aromatic N) is 1. The quantitative estimate of drug-likeness (QED) is 0.603. The van der Waals surface area contributed by atoms with E-state index in [0.717, 1.165) is 17.7 Å². The van der Waals surface area contributed by atoms with Crippen LogP contribution in [-0.4, -0.2) is 24.4 Å². The molecule has 2 aromatic rings. The molecule has 0 aromatic heterocycles. The number of nitro benzene ring substituents is 1. The fraction of sp³-hybridized carbons (Fsp3) is 0.235. The molecule has 26 heavy (non-hydrogen) atoms. The van der Waals surface area contributed by atoms with Gasteiger partial charge in [0.1, 0.15) is 5.56 Å². The molecule has 0 aliphatic rings. The van der Waals surface area contributed by atoms with Gasteiger partial charge in [-0.2, -0.15) is 13.2 Å². The average molecular weight is 367 g/mol. The Labute approximate surface area is 147 Å². The SMILES string of the molecule is CNC(=O)c1cccc(CCNc2ccc([N+](=O)[O-])c(C(F)(F)F)c2)c1. The van der Waals surface area contributed by atoms with Gasteiger partial charge in [0.15, 0.2) is 0 Å². The minimum absolute atomic E-state index is 0.130. The van der Waals surface area contributed by atoms with Crippen LogP contribution in [0.3, 0.4) is 0 Å². The molecule has 0 aliphatic heterocycles. The van der Waals surface area contributed by atoms with Gasteiger partial charge >= 0.3 is 6.18 Å². The predicted octanol–water partition coefficient (Wildman–Crippen LogP) is 3.63. The van der Waals surface area contributed by atoms with Gasteiger partial charge in [-0.3, -0.25) is 14.9 Å². The predicted molar refractivity (Wildman–Crippen MR) is 90.1 cm³/mol. The fourth-order valence-electron chi connectivity index (χ4n) is 2.40. The summed E-state index contributed by atoms with van der Waals surface area (Å²) in [5.41, 5.74) is -0.836. The number of nitrogens with one attached hydrogen (secondary N) is 2. The van der Waals surface area contributed by atoms with Crippen molar-refractivity contribution in [2.75, 3.05) is 18.9 Å². The fourth-order valence-corrected chi connectivity index (χ4v) is 2.40. The summed E-state index contributed by atoms with van der Waals surface area (Å²) in [5.74, 6) is -0.231. The Morgan fingerprint density at radius 1 is 1.19 bits per heavy atom. The number of halogens is 3. The molecule has 0 heterocycles. The Morgan fingerprint density at radius 2 is 1.92 bits per heavy atom. The molecule has 0 unspecified atom stereocenters. The third kappa shape index (κ3) is 4.71. The Kier molecular flexibility index (Phi) is 5.81. The van der Waals surface area contributed by atoms with Gasteiger partial charge in [-0.15, -0.1) is 0 Å². The Morgan fingerprint density at radius 3 is 2.54 bits per heavy atom. The Bertz CT molecular complexity index is 822. The lowest BCUT2D eigenvalue weighted by atomic mass is 10.1. The molecule has 2 N–H and O–H groups in total. The molecule has 138 valence electrons. The van der Waals surface area contributed by atoms with Crippen molar-refractivity contribution in [1.29, 1.82) is 0 Å². The topological polar surface area (TPSA) is 84.3 Å². The summed E-state index contributed by atoms with van der Waals surface area (Å²) in [5, 5.41) is 16.1. The summed E-state index contributed by atoms with van der Waals surface area (Å²) in [6.07, 6.45) is -4.36. The second-order valence-electron chi connectivity index (χ2n) is 5.44. The van der Waals surface area contributed by atoms with E-state index in [1.165, 1.54) is 13.1 Å². The number of alkyl halides is 3. The van der Waals surface area contributed by atoms with Crippen LogP contribution in [0.1, 0.15) is 21.5 Å². The average Bonchev–Trinajstić information content (AvgIpc) is 2.60. The zero-order valence-electron chi connectivity index (χ0n) is 13.8. The van der Waals surface area contributed by atoms with E-state index in [2.05, 4.69) is 10.6 Å². The van der Waals surface area contributed by atoms with Gasteiger partial charge in [0.05, 0.1) is 4.92 Å². The van der Waals surface area contributed by atoms with Crippen molar-refractivity contribution < 1.29 is 22.9 Å². The van der Waals surface area contributed by atoms with Gasteiger partial charge in [0.2, 0.25) is 0 Å². The van der Waals surface area contributed by atoms with Crippen molar-refractivity contribution >= 4 is 17.3 Å². The maximum Gasteiger partial charge on any atom is 0.423 e. The van der Waals surface area contributed by atoms with Gasteiger partial charge in [-0.1, -0.05) is 12.1 Å². The molecule has 0 saturated carbocycles. The van der Waals surface area contributed by atoms with E-state index in [1.807, 2.05) is 0 Å². The molecule has 0 radical (unpaired) electrons. The number of benzene rings is 2. The Hall–Kier alpha value is -3.10. The van der Waals surface area contributed by atoms with Crippen molar-refractivity contribution in [1.82, 2.24) is 5.32 Å². The zero-order chi connectivity index (χ0) is 19.3. The molecule has 0 saturated heterocycles. The van der Waals surface area contributed by atoms with Crippen LogP contribution in [0.15, 0.2) is 42.5 Å². The number of carbonyl (C=O) groups excluding carboxylic acids is 1. The van der Waals surface area contributed by atoms with Gasteiger partial charge in [0, 0.05) is 30.9 Å². The number of nitro groups is 1. The summed E-state index contributed by atoms with van der Waals surface area (Å²) < 4.78 is 38.9. The molecule has 0 fully saturated rings. The first-order valence-corrected chi connectivity index (χ1v) is 7.63. The van der Waals surface area contributed by atoms with E-state index in [4.69, 9.17) is 0 Å². The van der Waals surface area contributed by atoms with E-state index in [9.17, 15) is 28.1 Å². The van der Waals surface area contributed by atoms with Crippen LogP contribution < -0.4 is 10.6 Å². The molecule has 9 heteroatoms. The van der Waals surface area contributed by atoms with Crippen molar-refractivity contribution in [2.24, 2.45) is 0 Å². The summed E-state index contributed by atoms with van der Waals surface area (Å²) >= 11 is 0. The van der Waals surface area contributed by atoms with Crippen LogP contribution in [0.4, 0.5) is 24.5 Å². The monoisotopic (exact) mass is 367 g/mol. The summed E-state index contributed by atoms with van der Waals surface area (Å²) in [7, 11) is 1.52. The normalized spacial score (nSPS) is 11.1. The van der Waals surface area contributed by atoms with Crippen LogP contribution in [0.25, 0.3) is 0 Å². The Balaban J connectivity index is 2.08. The van der Waals surface area contributed by atoms with Crippen molar-refractivity contribution in [3.8, 4) is 0 Å². The number of amides is 1. The van der Waals surface area contributed by atoms with Crippen LogP contribution in [0, 0.1) is 10.1 Å². The molecule has 0 spiro atoms. The molecule has 1 amide bonds. The van der Waals surface area contributed by atoms with Gasteiger partial charge < -0.3 is 10.6 Å². The molecular formula is C17H16F3N3O3. The highest BCUT2D eigenvalue weighted by molar-refractivity contribution is 5.94. The third-order valence-electron chi connectivity index (χ3n) is 3.66. The van der Waals surface area contributed by atoms with E-state index >= 15 is 0 Å². The smallest absolute Gasteiger partial charge is 0.385 e. The molecule has 6 nitrogen and oxygen atoms in total. The highest BCUT2D eigenvalue weighted by atomic mass is 19.4. The second kappa shape index (κ2) is 7.85. The summed E-state index contributed by atoms with van der Waals surface area (Å²) in [6, 6.07) is 9.64. The first-order chi connectivity index (χ1) is 12.2. The second-order valence-corrected chi connectivity index (χ2v) is 5.44. The molecule has 2 aromatic carbocycles. The standard InChI is InChI=1S/C17H16F3N3O3/c1-21-16(24)12-4-2-3-11(9-12)7-8-22-13-5-6-15(23(25)26)14(10-13)17(18,19)20/h2-6,9-10,22H,7-8H2,1H3,(H,21,24). The van der Waals surface area contributed by atoms with Crippen LogP contribution in [0.2, 0.25) is 0 Å². The molecule has 0 aliphatic carbocycles. The van der Waals surface area contributed by atoms with Crippen LogP contribution in [0.5, 0.6) is 0 Å². The summed E-state index contributed by atoms with van der Waals surface area (Å²) in [6.45, 7) is 0.298. The van der Waals surface area contributed by atoms with E-state index < -0.39 is 22.4 Å². The van der Waals surface area contributed by atoms with Crippen molar-refractivity contribution in [3.63, 3.8) is 0 Å². The molecule has 0 atom stereocenters. The number of hydrogen-bond donors (Lipinski definition) is 2. The van der Waals surface area contributed by atoms with Crippen molar-refractivity contribution in [2.45, 2.75) is 12.6 Å². The van der Waals surface area contributed by atoms with E-state index in [1.54, 1.807) is 24.3 Å². The molecule has 2 rings (SSSR count). The third-order valence-corrected chi connectivity index (χ3v) is 3.66. The maximum absolute atomic E-state index is 13.0. The maximum atomic E-state index is 13.0. The minimum atomic E-state index is -4.82. The first-order valence-electron chi connectivity index (χ1n) is 7.63. The highest BCUT2D eigenvalue weighted by Crippen LogP contribution is 2.37. The lowest BCUT2D eigenvalue weighted by Gasteiger charge is -2.11. The first kappa shape index (κ1) is 19.2. The number of rotatable bonds is 6. The van der Waals surface area contributed by atoms with E-state index in [0.29, 0.717) is 18.5 Å². The van der Waals surface area contributed by atoms with Gasteiger partial charge in [-0.25, -0.2) is 0 Å². The lowest BCUT2D eigenvalue weighted by molar-refractivity contribution is -0.388. The van der Waals surface area contributed by atoms with Crippen LogP contribution in [-0.2, 0) is 12.6 Å². The highest BCUT2D eigenvalue weighted by Gasteiger charge is 2.38. The number of hydrogen-bond acceptors (Lipinski definition) is 4. The minimum Gasteiger partial charge on any atom is -0.385 e. The van der Waals surface area contributed by atoms with E-state index in [-0.39, 0.29) is 11.6 Å². The summed E-state index contributed by atoms with van der Waals surface area (Å²) in [4.78, 5) is 21.3. The largest absolute Gasteiger partial charge is 0.423 e.